The third kappa shape index (κ3) is 4.49. The maximum absolute atomic E-state index is 5.81. The quantitative estimate of drug-likeness (QED) is 0.814. The lowest BCUT2D eigenvalue weighted by Crippen LogP contribution is -2.11. The Balaban J connectivity index is 1.79. The number of ether oxygens (including phenoxy) is 1. The zero-order chi connectivity index (χ0) is 13.7. The summed E-state index contributed by atoms with van der Waals surface area (Å²) in [7, 11) is 0. The van der Waals surface area contributed by atoms with Crippen molar-refractivity contribution in [2.75, 3.05) is 18.5 Å². The predicted octanol–water partition coefficient (Wildman–Crippen LogP) is 4.45. The minimum absolute atomic E-state index is 0.620. The Labute approximate surface area is 119 Å². The summed E-state index contributed by atoms with van der Waals surface area (Å²) in [6.45, 7) is 5.59. The van der Waals surface area contributed by atoms with Crippen LogP contribution in [-0.4, -0.2) is 13.2 Å². The molecule has 2 rings (SSSR count). The number of halogens is 1. The Morgan fingerprint density at radius 3 is 2.26 bits per heavy atom. The maximum atomic E-state index is 5.81. The van der Waals surface area contributed by atoms with E-state index in [2.05, 4.69) is 37.4 Å². The summed E-state index contributed by atoms with van der Waals surface area (Å²) in [6, 6.07) is 13.8. The van der Waals surface area contributed by atoms with Crippen molar-refractivity contribution < 1.29 is 4.74 Å². The number of rotatable bonds is 5. The molecule has 0 aliphatic carbocycles. The molecule has 0 heterocycles. The summed E-state index contributed by atoms with van der Waals surface area (Å²) in [5.41, 5.74) is 3.67. The molecular weight excluding hydrogens is 258 g/mol. The molecular formula is C16H18ClNO. The smallest absolute Gasteiger partial charge is 0.119 e. The third-order valence-corrected chi connectivity index (χ3v) is 2.99. The normalized spacial score (nSPS) is 10.3. The minimum Gasteiger partial charge on any atom is -0.492 e. The molecule has 0 radical (unpaired) electrons. The highest BCUT2D eigenvalue weighted by molar-refractivity contribution is 6.30. The largest absolute Gasteiger partial charge is 0.492 e. The summed E-state index contributed by atoms with van der Waals surface area (Å²) in [6.07, 6.45) is 0. The van der Waals surface area contributed by atoms with Crippen molar-refractivity contribution >= 4 is 17.3 Å². The first-order valence-corrected chi connectivity index (χ1v) is 6.72. The van der Waals surface area contributed by atoms with Crippen LogP contribution in [0.1, 0.15) is 11.1 Å². The van der Waals surface area contributed by atoms with Crippen molar-refractivity contribution in [1.29, 1.82) is 0 Å². The molecule has 0 saturated heterocycles. The Kier molecular flexibility index (Phi) is 4.69. The van der Waals surface area contributed by atoms with Crippen LogP contribution >= 0.6 is 11.6 Å². The van der Waals surface area contributed by atoms with Crippen LogP contribution in [0.15, 0.2) is 42.5 Å². The minimum atomic E-state index is 0.620. The van der Waals surface area contributed by atoms with Crippen LogP contribution < -0.4 is 10.1 Å². The highest BCUT2D eigenvalue weighted by Gasteiger charge is 1.96. The molecule has 0 bridgehead atoms. The van der Waals surface area contributed by atoms with Gasteiger partial charge >= 0.3 is 0 Å². The van der Waals surface area contributed by atoms with Gasteiger partial charge in [0.25, 0.3) is 0 Å². The average molecular weight is 276 g/mol. The second-order valence-electron chi connectivity index (χ2n) is 4.61. The number of anilines is 1. The fraction of sp³-hybridized carbons (Fsp3) is 0.250. The van der Waals surface area contributed by atoms with Crippen molar-refractivity contribution in [2.24, 2.45) is 0 Å². The number of aryl methyl sites for hydroxylation is 2. The topological polar surface area (TPSA) is 21.3 Å². The molecule has 0 atom stereocenters. The van der Waals surface area contributed by atoms with Crippen LogP contribution in [0, 0.1) is 13.8 Å². The molecule has 0 fully saturated rings. The van der Waals surface area contributed by atoms with Crippen LogP contribution in [0.25, 0.3) is 0 Å². The number of nitrogens with one attached hydrogen (secondary N) is 1. The summed E-state index contributed by atoms with van der Waals surface area (Å²) >= 11 is 5.81. The fourth-order valence-corrected chi connectivity index (χ4v) is 2.10. The molecule has 2 aromatic rings. The van der Waals surface area contributed by atoms with Gasteiger partial charge in [-0.2, -0.15) is 0 Å². The van der Waals surface area contributed by atoms with Gasteiger partial charge in [0.15, 0.2) is 0 Å². The molecule has 1 N–H and O–H groups in total. The maximum Gasteiger partial charge on any atom is 0.119 e. The summed E-state index contributed by atoms with van der Waals surface area (Å²) in [5.74, 6) is 0.839. The number of benzene rings is 2. The standard InChI is InChI=1S/C16H18ClNO/c1-12-9-13(2)11-15(10-12)18-7-8-19-16-5-3-14(17)4-6-16/h3-6,9-11,18H,7-8H2,1-2H3. The third-order valence-electron chi connectivity index (χ3n) is 2.74. The van der Waals surface area contributed by atoms with Crippen LogP contribution in [0.3, 0.4) is 0 Å². The van der Waals surface area contributed by atoms with Crippen molar-refractivity contribution in [3.63, 3.8) is 0 Å². The first-order valence-electron chi connectivity index (χ1n) is 6.34. The van der Waals surface area contributed by atoms with Crippen molar-refractivity contribution in [1.82, 2.24) is 0 Å². The molecule has 0 aliphatic rings. The van der Waals surface area contributed by atoms with E-state index < -0.39 is 0 Å². The SMILES string of the molecule is Cc1cc(C)cc(NCCOc2ccc(Cl)cc2)c1. The lowest BCUT2D eigenvalue weighted by atomic mass is 10.1. The van der Waals surface area contributed by atoms with Gasteiger partial charge in [0.2, 0.25) is 0 Å². The highest BCUT2D eigenvalue weighted by Crippen LogP contribution is 2.16. The molecule has 0 aliphatic heterocycles. The first kappa shape index (κ1) is 13.8. The summed E-state index contributed by atoms with van der Waals surface area (Å²) in [4.78, 5) is 0. The first-order chi connectivity index (χ1) is 9.13. The van der Waals surface area contributed by atoms with Gasteiger partial charge in [-0.15, -0.1) is 0 Å². The van der Waals surface area contributed by atoms with E-state index in [0.717, 1.165) is 23.0 Å². The lowest BCUT2D eigenvalue weighted by molar-refractivity contribution is 0.333. The van der Waals surface area contributed by atoms with E-state index in [1.54, 1.807) is 0 Å². The van der Waals surface area contributed by atoms with Crippen LogP contribution in [-0.2, 0) is 0 Å². The van der Waals surface area contributed by atoms with Crippen molar-refractivity contribution in [3.8, 4) is 5.75 Å². The Bertz CT molecular complexity index is 517. The zero-order valence-electron chi connectivity index (χ0n) is 11.2. The fourth-order valence-electron chi connectivity index (χ4n) is 1.97. The van der Waals surface area contributed by atoms with Crippen molar-refractivity contribution in [2.45, 2.75) is 13.8 Å². The van der Waals surface area contributed by atoms with E-state index in [9.17, 15) is 0 Å². The summed E-state index contributed by atoms with van der Waals surface area (Å²) in [5, 5.41) is 4.08. The molecule has 2 aromatic carbocycles. The summed E-state index contributed by atoms with van der Waals surface area (Å²) < 4.78 is 5.62. The lowest BCUT2D eigenvalue weighted by Gasteiger charge is -2.10. The Hall–Kier alpha value is -1.67. The van der Waals surface area contributed by atoms with Gasteiger partial charge in [-0.1, -0.05) is 17.7 Å². The molecule has 0 saturated carbocycles. The number of hydrogen-bond donors (Lipinski definition) is 1. The van der Waals surface area contributed by atoms with E-state index in [-0.39, 0.29) is 0 Å². The molecule has 2 nitrogen and oxygen atoms in total. The van der Waals surface area contributed by atoms with E-state index in [4.69, 9.17) is 16.3 Å². The molecule has 19 heavy (non-hydrogen) atoms. The number of hydrogen-bond acceptors (Lipinski definition) is 2. The Morgan fingerprint density at radius 1 is 1.00 bits per heavy atom. The van der Waals surface area contributed by atoms with Gasteiger partial charge < -0.3 is 10.1 Å². The van der Waals surface area contributed by atoms with Crippen LogP contribution in [0.5, 0.6) is 5.75 Å². The molecule has 0 amide bonds. The molecule has 100 valence electrons. The van der Waals surface area contributed by atoms with Crippen LogP contribution in [0.2, 0.25) is 5.02 Å². The second-order valence-corrected chi connectivity index (χ2v) is 5.04. The second kappa shape index (κ2) is 6.48. The molecule has 3 heteroatoms. The molecule has 0 unspecified atom stereocenters. The van der Waals surface area contributed by atoms with Gasteiger partial charge in [-0.25, -0.2) is 0 Å². The van der Waals surface area contributed by atoms with Gasteiger partial charge in [0.05, 0.1) is 0 Å². The predicted molar refractivity (Wildman–Crippen MR) is 81.4 cm³/mol. The van der Waals surface area contributed by atoms with Crippen LogP contribution in [0.4, 0.5) is 5.69 Å². The zero-order valence-corrected chi connectivity index (χ0v) is 12.0. The van der Waals surface area contributed by atoms with Gasteiger partial charge in [-0.3, -0.25) is 0 Å². The van der Waals surface area contributed by atoms with E-state index in [0.29, 0.717) is 6.61 Å². The van der Waals surface area contributed by atoms with E-state index >= 15 is 0 Å². The van der Waals surface area contributed by atoms with Crippen molar-refractivity contribution in [3.05, 3.63) is 58.6 Å². The molecule has 0 aromatic heterocycles. The van der Waals surface area contributed by atoms with E-state index in [1.807, 2.05) is 24.3 Å². The monoisotopic (exact) mass is 275 g/mol. The van der Waals surface area contributed by atoms with E-state index in [1.165, 1.54) is 11.1 Å². The average Bonchev–Trinajstić information content (AvgIpc) is 2.36. The van der Waals surface area contributed by atoms with Gasteiger partial charge in [-0.05, 0) is 61.4 Å². The van der Waals surface area contributed by atoms with Gasteiger partial charge in [0.1, 0.15) is 12.4 Å². The van der Waals surface area contributed by atoms with Gasteiger partial charge in [0, 0.05) is 17.3 Å². The highest BCUT2D eigenvalue weighted by atomic mass is 35.5. The molecule has 0 spiro atoms. The Morgan fingerprint density at radius 2 is 1.63 bits per heavy atom.